The van der Waals surface area contributed by atoms with Crippen LogP contribution in [-0.4, -0.2) is 34.5 Å². The number of benzene rings is 1. The highest BCUT2D eigenvalue weighted by atomic mass is 16.7. The van der Waals surface area contributed by atoms with Crippen LogP contribution < -0.4 is 5.48 Å². The smallest absolute Gasteiger partial charge is 0.190 e. The summed E-state index contributed by atoms with van der Waals surface area (Å²) in [6.07, 6.45) is 3.55. The topological polar surface area (TPSA) is 49.8 Å². The highest BCUT2D eigenvalue weighted by Gasteiger charge is 2.40. The summed E-state index contributed by atoms with van der Waals surface area (Å²) in [4.78, 5) is 17.4. The molecule has 4 rings (SSSR count). The molecule has 23 heavy (non-hydrogen) atoms. The van der Waals surface area contributed by atoms with Crippen molar-refractivity contribution in [2.75, 3.05) is 13.1 Å². The standard InChI is InChI=1S/C18H20N4O/c1-2-6-15(7-3-1)14-22-12-9-18(10-13-22)20-17(21-23-18)16-8-4-5-11-19-16/h1-8,11H,9-10,12-14H2,(H,20,21). The molecule has 0 atom stereocenters. The summed E-state index contributed by atoms with van der Waals surface area (Å²) in [7, 11) is 0. The molecule has 1 saturated heterocycles. The number of rotatable bonds is 3. The minimum atomic E-state index is -0.431. The Labute approximate surface area is 136 Å². The van der Waals surface area contributed by atoms with Gasteiger partial charge in [0.05, 0.1) is 0 Å². The Kier molecular flexibility index (Phi) is 3.81. The van der Waals surface area contributed by atoms with Gasteiger partial charge in [0.2, 0.25) is 0 Å². The number of hydroxylamine groups is 1. The van der Waals surface area contributed by atoms with E-state index >= 15 is 0 Å². The van der Waals surface area contributed by atoms with Gasteiger partial charge in [0.25, 0.3) is 0 Å². The van der Waals surface area contributed by atoms with Gasteiger partial charge < -0.3 is 0 Å². The summed E-state index contributed by atoms with van der Waals surface area (Å²) < 4.78 is 0. The third kappa shape index (κ3) is 3.11. The molecular formula is C18H20N4O. The van der Waals surface area contributed by atoms with E-state index in [9.17, 15) is 0 Å². The van der Waals surface area contributed by atoms with Crippen LogP contribution in [0.25, 0.3) is 0 Å². The summed E-state index contributed by atoms with van der Waals surface area (Å²) in [6.45, 7) is 2.95. The van der Waals surface area contributed by atoms with Crippen molar-refractivity contribution >= 4 is 5.84 Å². The Balaban J connectivity index is 1.40. The second kappa shape index (κ2) is 6.10. The van der Waals surface area contributed by atoms with Gasteiger partial charge in [0.15, 0.2) is 11.6 Å². The summed E-state index contributed by atoms with van der Waals surface area (Å²) in [5.41, 5.74) is 4.72. The number of piperidine rings is 1. The Hall–Kier alpha value is -2.24. The number of aromatic nitrogens is 1. The zero-order chi connectivity index (χ0) is 15.5. The number of pyridine rings is 1. The van der Waals surface area contributed by atoms with Gasteiger partial charge in [-0.1, -0.05) is 36.4 Å². The molecule has 118 valence electrons. The van der Waals surface area contributed by atoms with Crippen LogP contribution in [0.2, 0.25) is 0 Å². The lowest BCUT2D eigenvalue weighted by molar-refractivity contribution is -0.0901. The first-order valence-corrected chi connectivity index (χ1v) is 8.05. The second-order valence-corrected chi connectivity index (χ2v) is 6.09. The number of likely N-dealkylation sites (tertiary alicyclic amines) is 1. The van der Waals surface area contributed by atoms with Gasteiger partial charge >= 0.3 is 0 Å². The molecular weight excluding hydrogens is 288 g/mol. The monoisotopic (exact) mass is 308 g/mol. The molecule has 0 unspecified atom stereocenters. The van der Waals surface area contributed by atoms with E-state index in [0.717, 1.165) is 44.0 Å². The van der Waals surface area contributed by atoms with Crippen molar-refractivity contribution in [3.8, 4) is 0 Å². The van der Waals surface area contributed by atoms with E-state index in [1.807, 2.05) is 18.2 Å². The highest BCUT2D eigenvalue weighted by molar-refractivity contribution is 5.97. The Morgan fingerprint density at radius 1 is 1.04 bits per heavy atom. The van der Waals surface area contributed by atoms with E-state index in [1.165, 1.54) is 5.56 Å². The predicted octanol–water partition coefficient (Wildman–Crippen LogP) is 2.36. The maximum absolute atomic E-state index is 5.83. The van der Waals surface area contributed by atoms with Crippen LogP contribution >= 0.6 is 0 Å². The molecule has 2 aliphatic rings. The molecule has 0 radical (unpaired) electrons. The Bertz CT molecular complexity index is 679. The van der Waals surface area contributed by atoms with Crippen LogP contribution in [-0.2, 0) is 11.4 Å². The maximum Gasteiger partial charge on any atom is 0.190 e. The molecule has 0 aliphatic carbocycles. The average molecular weight is 308 g/mol. The lowest BCUT2D eigenvalue weighted by Crippen LogP contribution is -2.44. The Morgan fingerprint density at radius 2 is 1.83 bits per heavy atom. The fourth-order valence-electron chi connectivity index (χ4n) is 3.12. The predicted molar refractivity (Wildman–Crippen MR) is 88.7 cm³/mol. The molecule has 1 fully saturated rings. The number of nitrogens with zero attached hydrogens (tertiary/aromatic N) is 3. The van der Waals surface area contributed by atoms with Gasteiger partial charge in [0.1, 0.15) is 5.69 Å². The largest absolute Gasteiger partial charge is 0.299 e. The summed E-state index contributed by atoms with van der Waals surface area (Å²) >= 11 is 0. The van der Waals surface area contributed by atoms with Gasteiger partial charge in [-0.05, 0) is 17.7 Å². The minimum absolute atomic E-state index is 0.431. The molecule has 5 nitrogen and oxygen atoms in total. The summed E-state index contributed by atoms with van der Waals surface area (Å²) in [6, 6.07) is 16.4. The van der Waals surface area contributed by atoms with Gasteiger partial charge in [0, 0.05) is 38.7 Å². The third-order valence-electron chi connectivity index (χ3n) is 4.45. The van der Waals surface area contributed by atoms with Crippen molar-refractivity contribution in [1.82, 2.24) is 15.4 Å². The maximum atomic E-state index is 5.83. The number of nitrogens with one attached hydrogen (secondary N) is 1. The van der Waals surface area contributed by atoms with Crippen molar-refractivity contribution in [3.63, 3.8) is 0 Å². The van der Waals surface area contributed by atoms with Gasteiger partial charge in [-0.2, -0.15) is 0 Å². The lowest BCUT2D eigenvalue weighted by Gasteiger charge is -2.35. The molecule has 0 saturated carbocycles. The van der Waals surface area contributed by atoms with E-state index in [2.05, 4.69) is 45.7 Å². The van der Waals surface area contributed by atoms with Crippen LogP contribution in [0, 0.1) is 0 Å². The van der Waals surface area contributed by atoms with E-state index in [1.54, 1.807) is 6.20 Å². The van der Waals surface area contributed by atoms with Crippen molar-refractivity contribution in [2.24, 2.45) is 4.99 Å². The molecule has 1 spiro atoms. The molecule has 2 aliphatic heterocycles. The normalized spacial score (nSPS) is 20.3. The number of aliphatic imine (C=N–C) groups is 1. The van der Waals surface area contributed by atoms with E-state index < -0.39 is 5.72 Å². The number of amidine groups is 1. The second-order valence-electron chi connectivity index (χ2n) is 6.09. The summed E-state index contributed by atoms with van der Waals surface area (Å²) in [5, 5.41) is 0. The van der Waals surface area contributed by atoms with Crippen molar-refractivity contribution in [2.45, 2.75) is 25.1 Å². The van der Waals surface area contributed by atoms with E-state index in [0.29, 0.717) is 0 Å². The molecule has 2 aromatic rings. The fraction of sp³-hybridized carbons (Fsp3) is 0.333. The first kappa shape index (κ1) is 14.4. The van der Waals surface area contributed by atoms with Crippen LogP contribution in [0.4, 0.5) is 0 Å². The van der Waals surface area contributed by atoms with Crippen LogP contribution in [0.1, 0.15) is 24.1 Å². The molecule has 5 heteroatoms. The average Bonchev–Trinajstić information content (AvgIpc) is 3.03. The van der Waals surface area contributed by atoms with Crippen molar-refractivity contribution in [3.05, 3.63) is 66.0 Å². The van der Waals surface area contributed by atoms with Crippen molar-refractivity contribution < 1.29 is 4.84 Å². The third-order valence-corrected chi connectivity index (χ3v) is 4.45. The lowest BCUT2D eigenvalue weighted by atomic mass is 10.0. The van der Waals surface area contributed by atoms with Crippen LogP contribution in [0.3, 0.4) is 0 Å². The van der Waals surface area contributed by atoms with E-state index in [-0.39, 0.29) is 0 Å². The van der Waals surface area contributed by atoms with Gasteiger partial charge in [-0.15, -0.1) is 0 Å². The van der Waals surface area contributed by atoms with Gasteiger partial charge in [-0.3, -0.25) is 9.88 Å². The number of hydrogen-bond acceptors (Lipinski definition) is 5. The summed E-state index contributed by atoms with van der Waals surface area (Å²) in [5.74, 6) is 0.738. The zero-order valence-corrected chi connectivity index (χ0v) is 13.0. The molecule has 1 aromatic carbocycles. The van der Waals surface area contributed by atoms with Crippen molar-refractivity contribution in [1.29, 1.82) is 0 Å². The molecule has 1 aromatic heterocycles. The quantitative estimate of drug-likeness (QED) is 0.945. The molecule has 0 bridgehead atoms. The minimum Gasteiger partial charge on any atom is -0.299 e. The number of hydrogen-bond donors (Lipinski definition) is 1. The first-order valence-electron chi connectivity index (χ1n) is 8.05. The Morgan fingerprint density at radius 3 is 2.57 bits per heavy atom. The molecule has 1 N–H and O–H groups in total. The first-order chi connectivity index (χ1) is 11.3. The van der Waals surface area contributed by atoms with E-state index in [4.69, 9.17) is 9.83 Å². The molecule has 0 amide bonds. The molecule has 3 heterocycles. The van der Waals surface area contributed by atoms with Crippen LogP contribution in [0.15, 0.2) is 59.7 Å². The zero-order valence-electron chi connectivity index (χ0n) is 13.0. The van der Waals surface area contributed by atoms with Crippen LogP contribution in [0.5, 0.6) is 0 Å². The van der Waals surface area contributed by atoms with Gasteiger partial charge in [-0.25, -0.2) is 15.3 Å². The SMILES string of the molecule is c1ccc(CN2CCC3(CC2)N=C(c2ccccn2)NO3)cc1. The highest BCUT2D eigenvalue weighted by Crippen LogP contribution is 2.31. The fourth-order valence-corrected chi connectivity index (χ4v) is 3.12.